The average Bonchev–Trinajstić information content (AvgIpc) is 2.80. The number of anilines is 1. The highest BCUT2D eigenvalue weighted by molar-refractivity contribution is 6.18. The molecule has 4 nitrogen and oxygen atoms in total. The number of ketones is 1. The number of nitrogens with zero attached hydrogens (tertiary/aromatic N) is 2. The Morgan fingerprint density at radius 3 is 2.67 bits per heavy atom. The number of Topliss-reactive ketones (excluding diaryl/α,β-unsaturated/α-hetero) is 1. The highest BCUT2D eigenvalue weighted by atomic mass is 16.2. The van der Waals surface area contributed by atoms with Crippen LogP contribution in [0.5, 0.6) is 0 Å². The van der Waals surface area contributed by atoms with Crippen LogP contribution in [0.3, 0.4) is 0 Å². The second-order valence-corrected chi connectivity index (χ2v) is 8.76. The van der Waals surface area contributed by atoms with Crippen molar-refractivity contribution in [3.63, 3.8) is 0 Å². The van der Waals surface area contributed by atoms with Gasteiger partial charge >= 0.3 is 0 Å². The summed E-state index contributed by atoms with van der Waals surface area (Å²) in [6.45, 7) is 6.26. The van der Waals surface area contributed by atoms with Gasteiger partial charge in [-0.1, -0.05) is 38.1 Å². The first-order chi connectivity index (χ1) is 12.9. The van der Waals surface area contributed by atoms with E-state index in [9.17, 15) is 9.59 Å². The first-order valence-corrected chi connectivity index (χ1v) is 9.49. The molecule has 1 aliphatic carbocycles. The molecule has 0 N–H and O–H groups in total. The van der Waals surface area contributed by atoms with Gasteiger partial charge in [-0.2, -0.15) is 0 Å². The minimum atomic E-state index is -0.363. The minimum Gasteiger partial charge on any atom is -0.299 e. The SMILES string of the molecule is Cc1ccc2c(c1)N1C(=O)c3ccccc3C1C1C(=O)CC(C)(C)CC1=N2. The maximum atomic E-state index is 13.3. The van der Waals surface area contributed by atoms with Crippen molar-refractivity contribution in [2.24, 2.45) is 16.3 Å². The lowest BCUT2D eigenvalue weighted by Gasteiger charge is -2.38. The van der Waals surface area contributed by atoms with E-state index in [2.05, 4.69) is 13.8 Å². The number of aliphatic imine (C=N–C) groups is 1. The number of fused-ring (bicyclic) bond motifs is 7. The van der Waals surface area contributed by atoms with E-state index in [0.29, 0.717) is 12.0 Å². The normalized spacial score (nSPS) is 25.1. The number of benzene rings is 2. The Labute approximate surface area is 158 Å². The number of hydrogen-bond acceptors (Lipinski definition) is 3. The number of carbonyl (C=O) groups is 2. The van der Waals surface area contributed by atoms with Gasteiger partial charge in [0.25, 0.3) is 5.91 Å². The van der Waals surface area contributed by atoms with E-state index >= 15 is 0 Å². The summed E-state index contributed by atoms with van der Waals surface area (Å²) in [4.78, 5) is 33.3. The summed E-state index contributed by atoms with van der Waals surface area (Å²) in [6, 6.07) is 13.4. The first kappa shape index (κ1) is 16.4. The third kappa shape index (κ3) is 2.32. The lowest BCUT2D eigenvalue weighted by Crippen LogP contribution is -2.44. The molecule has 1 amide bonds. The van der Waals surface area contributed by atoms with Crippen molar-refractivity contribution < 1.29 is 9.59 Å². The van der Waals surface area contributed by atoms with E-state index in [1.165, 1.54) is 0 Å². The second kappa shape index (κ2) is 5.38. The molecule has 3 aliphatic rings. The standard InChI is InChI=1S/C23H22N2O2/c1-13-8-9-16-18(10-13)25-21(14-6-4-5-7-15(14)22(25)27)20-17(24-16)11-23(2,3)12-19(20)26/h4-10,20-21H,11-12H2,1-3H3. The molecule has 136 valence electrons. The highest BCUT2D eigenvalue weighted by Crippen LogP contribution is 2.51. The van der Waals surface area contributed by atoms with Crippen molar-refractivity contribution in [3.05, 3.63) is 59.2 Å². The van der Waals surface area contributed by atoms with Crippen molar-refractivity contribution in [1.82, 2.24) is 0 Å². The Morgan fingerprint density at radius 2 is 1.85 bits per heavy atom. The number of aryl methyl sites for hydroxylation is 1. The molecule has 2 aromatic carbocycles. The molecule has 0 saturated heterocycles. The Bertz CT molecular complexity index is 1030. The summed E-state index contributed by atoms with van der Waals surface area (Å²) in [6.07, 6.45) is 1.30. The zero-order valence-corrected chi connectivity index (χ0v) is 15.8. The molecule has 2 unspecified atom stereocenters. The summed E-state index contributed by atoms with van der Waals surface area (Å²) in [7, 11) is 0. The van der Waals surface area contributed by atoms with E-state index in [-0.39, 0.29) is 29.1 Å². The fourth-order valence-electron chi connectivity index (χ4n) is 4.91. The van der Waals surface area contributed by atoms with E-state index in [1.54, 1.807) is 0 Å². The van der Waals surface area contributed by atoms with Crippen LogP contribution in [-0.2, 0) is 4.79 Å². The predicted octanol–water partition coefficient (Wildman–Crippen LogP) is 4.79. The molecule has 0 aromatic heterocycles. The summed E-state index contributed by atoms with van der Waals surface area (Å²) in [5, 5.41) is 0. The quantitative estimate of drug-likeness (QED) is 0.680. The summed E-state index contributed by atoms with van der Waals surface area (Å²) in [5.74, 6) is -0.205. The maximum Gasteiger partial charge on any atom is 0.259 e. The van der Waals surface area contributed by atoms with Gasteiger partial charge in [0, 0.05) is 17.7 Å². The van der Waals surface area contributed by atoms with Crippen molar-refractivity contribution in [3.8, 4) is 0 Å². The molecule has 1 fully saturated rings. The number of hydrogen-bond donors (Lipinski definition) is 0. The van der Waals surface area contributed by atoms with Crippen LogP contribution in [-0.4, -0.2) is 17.4 Å². The fourth-order valence-corrected chi connectivity index (χ4v) is 4.91. The first-order valence-electron chi connectivity index (χ1n) is 9.49. The molecule has 2 heterocycles. The zero-order valence-electron chi connectivity index (χ0n) is 15.8. The van der Waals surface area contributed by atoms with Crippen molar-refractivity contribution >= 4 is 28.8 Å². The van der Waals surface area contributed by atoms with Crippen LogP contribution in [0.1, 0.15) is 54.2 Å². The van der Waals surface area contributed by atoms with E-state index in [4.69, 9.17) is 4.99 Å². The van der Waals surface area contributed by atoms with Gasteiger partial charge in [0.15, 0.2) is 0 Å². The molecule has 27 heavy (non-hydrogen) atoms. The van der Waals surface area contributed by atoms with Gasteiger partial charge in [-0.3, -0.25) is 19.5 Å². The van der Waals surface area contributed by atoms with E-state index in [1.807, 2.05) is 54.3 Å². The third-order valence-corrected chi connectivity index (χ3v) is 6.00. The lowest BCUT2D eigenvalue weighted by molar-refractivity contribution is -0.124. The van der Waals surface area contributed by atoms with Gasteiger partial charge in [0.1, 0.15) is 5.78 Å². The molecule has 5 rings (SSSR count). The molecule has 2 atom stereocenters. The van der Waals surface area contributed by atoms with Crippen LogP contribution >= 0.6 is 0 Å². The van der Waals surface area contributed by atoms with Crippen LogP contribution in [0.15, 0.2) is 47.5 Å². The van der Waals surface area contributed by atoms with E-state index < -0.39 is 0 Å². The molecule has 2 aliphatic heterocycles. The summed E-state index contributed by atoms with van der Waals surface area (Å²) >= 11 is 0. The predicted molar refractivity (Wildman–Crippen MR) is 106 cm³/mol. The Hall–Kier alpha value is -2.75. The smallest absolute Gasteiger partial charge is 0.259 e. The molecule has 1 saturated carbocycles. The Balaban J connectivity index is 1.80. The number of rotatable bonds is 0. The van der Waals surface area contributed by atoms with Crippen LogP contribution in [0.2, 0.25) is 0 Å². The number of carbonyl (C=O) groups excluding carboxylic acids is 2. The molecular formula is C23H22N2O2. The Kier molecular flexibility index (Phi) is 3.27. The average molecular weight is 358 g/mol. The molecule has 0 radical (unpaired) electrons. The van der Waals surface area contributed by atoms with Crippen molar-refractivity contribution in [2.75, 3.05) is 4.90 Å². The van der Waals surface area contributed by atoms with Gasteiger partial charge in [-0.05, 0) is 48.1 Å². The number of amides is 1. The third-order valence-electron chi connectivity index (χ3n) is 6.00. The van der Waals surface area contributed by atoms with Crippen molar-refractivity contribution in [2.45, 2.75) is 39.7 Å². The second-order valence-electron chi connectivity index (χ2n) is 8.76. The van der Waals surface area contributed by atoms with Crippen LogP contribution in [0.4, 0.5) is 11.4 Å². The van der Waals surface area contributed by atoms with E-state index in [0.717, 1.165) is 34.6 Å². The maximum absolute atomic E-state index is 13.3. The summed E-state index contributed by atoms with van der Waals surface area (Å²) < 4.78 is 0. The highest BCUT2D eigenvalue weighted by Gasteiger charge is 2.51. The fraction of sp³-hybridized carbons (Fsp3) is 0.348. The topological polar surface area (TPSA) is 49.7 Å². The summed E-state index contributed by atoms with van der Waals surface area (Å²) in [5.41, 5.74) is 5.14. The largest absolute Gasteiger partial charge is 0.299 e. The molecule has 4 heteroatoms. The van der Waals surface area contributed by atoms with Gasteiger partial charge < -0.3 is 0 Å². The zero-order chi connectivity index (χ0) is 18.9. The van der Waals surface area contributed by atoms with Gasteiger partial charge in [0.05, 0.1) is 23.3 Å². The minimum absolute atomic E-state index is 0.0310. The monoisotopic (exact) mass is 358 g/mol. The lowest BCUT2D eigenvalue weighted by atomic mass is 9.68. The van der Waals surface area contributed by atoms with Crippen molar-refractivity contribution in [1.29, 1.82) is 0 Å². The van der Waals surface area contributed by atoms with Crippen LogP contribution < -0.4 is 4.90 Å². The molecular weight excluding hydrogens is 336 g/mol. The molecule has 0 spiro atoms. The van der Waals surface area contributed by atoms with Gasteiger partial charge in [0.2, 0.25) is 0 Å². The van der Waals surface area contributed by atoms with Gasteiger partial charge in [-0.15, -0.1) is 0 Å². The molecule has 2 aromatic rings. The van der Waals surface area contributed by atoms with Crippen LogP contribution in [0, 0.1) is 18.3 Å². The van der Waals surface area contributed by atoms with Gasteiger partial charge in [-0.25, -0.2) is 0 Å². The molecule has 0 bridgehead atoms. The Morgan fingerprint density at radius 1 is 1.07 bits per heavy atom. The van der Waals surface area contributed by atoms with Crippen LogP contribution in [0.25, 0.3) is 0 Å².